The van der Waals surface area contributed by atoms with Crippen LogP contribution in [-0.2, 0) is 9.31 Å². The molecule has 1 aliphatic heterocycles. The first-order chi connectivity index (χ1) is 9.71. The Kier molecular flexibility index (Phi) is 3.11. The predicted molar refractivity (Wildman–Crippen MR) is 76.7 cm³/mol. The minimum absolute atomic E-state index is 0.394. The highest BCUT2D eigenvalue weighted by molar-refractivity contribution is 6.62. The lowest BCUT2D eigenvalue weighted by molar-refractivity contribution is 0.00578. The van der Waals surface area contributed by atoms with Gasteiger partial charge >= 0.3 is 13.7 Å². The predicted octanol–water partition coefficient (Wildman–Crippen LogP) is 2.73. The summed E-state index contributed by atoms with van der Waals surface area (Å²) in [6.07, 6.45) is 1.43. The summed E-state index contributed by atoms with van der Waals surface area (Å²) in [7, 11) is -0.505. The van der Waals surface area contributed by atoms with Crippen LogP contribution >= 0.6 is 0 Å². The van der Waals surface area contributed by atoms with E-state index in [1.54, 1.807) is 18.2 Å². The molecule has 0 amide bonds. The number of nitrogens with zero attached hydrogens (tertiary/aromatic N) is 2. The van der Waals surface area contributed by atoms with Crippen molar-refractivity contribution in [1.82, 2.24) is 9.78 Å². The molecule has 4 nitrogen and oxygen atoms in total. The van der Waals surface area contributed by atoms with E-state index in [0.717, 1.165) is 5.46 Å². The Morgan fingerprint density at radius 3 is 2.33 bits per heavy atom. The molecule has 3 rings (SSSR count). The van der Waals surface area contributed by atoms with Crippen molar-refractivity contribution >= 4 is 23.5 Å². The molecule has 2 aromatic rings. The number of hydrogen-bond acceptors (Lipinski definition) is 3. The van der Waals surface area contributed by atoms with Gasteiger partial charge in [0, 0.05) is 5.39 Å². The Bertz CT molecular complexity index is 669. The third-order valence-corrected chi connectivity index (χ3v) is 4.33. The van der Waals surface area contributed by atoms with Crippen LogP contribution in [0.3, 0.4) is 0 Å². The molecule has 7 heteroatoms. The Balaban J connectivity index is 1.96. The van der Waals surface area contributed by atoms with Crippen LogP contribution < -0.4 is 5.46 Å². The van der Waals surface area contributed by atoms with Crippen molar-refractivity contribution < 1.29 is 18.1 Å². The lowest BCUT2D eigenvalue weighted by Gasteiger charge is -2.32. The van der Waals surface area contributed by atoms with Gasteiger partial charge in [-0.05, 0) is 39.2 Å². The maximum atomic E-state index is 12.8. The average Bonchev–Trinajstić information content (AvgIpc) is 2.87. The second-order valence-electron chi connectivity index (χ2n) is 6.27. The van der Waals surface area contributed by atoms with Gasteiger partial charge in [-0.1, -0.05) is 12.1 Å². The van der Waals surface area contributed by atoms with Crippen molar-refractivity contribution in [1.29, 1.82) is 0 Å². The fraction of sp³-hybridized carbons (Fsp3) is 0.500. The van der Waals surface area contributed by atoms with Gasteiger partial charge < -0.3 is 9.31 Å². The Morgan fingerprint density at radius 1 is 1.14 bits per heavy atom. The number of rotatable bonds is 2. The molecular weight excluding hydrogens is 277 g/mol. The van der Waals surface area contributed by atoms with Crippen LogP contribution in [0.2, 0.25) is 0 Å². The van der Waals surface area contributed by atoms with Crippen molar-refractivity contribution in [2.45, 2.75) is 45.4 Å². The Hall–Kier alpha value is -1.47. The maximum Gasteiger partial charge on any atom is 0.494 e. The Labute approximate surface area is 122 Å². The standard InChI is InChI=1S/C14H17BF2N2O2/c1-13(2)14(3,4)21-15(20-13)10-5-6-11-9(7-10)8-18-19(11)12(16)17/h5-8,12H,1-4H3. The minimum atomic E-state index is -2.65. The zero-order chi connectivity index (χ0) is 15.4. The second-order valence-corrected chi connectivity index (χ2v) is 6.27. The van der Waals surface area contributed by atoms with E-state index in [1.807, 2.05) is 27.7 Å². The number of benzene rings is 1. The molecule has 0 spiro atoms. The molecule has 1 fully saturated rings. The summed E-state index contributed by atoms with van der Waals surface area (Å²) < 4.78 is 38.2. The molecule has 112 valence electrons. The highest BCUT2D eigenvalue weighted by Crippen LogP contribution is 2.36. The van der Waals surface area contributed by atoms with Crippen LogP contribution in [-0.4, -0.2) is 28.1 Å². The summed E-state index contributed by atoms with van der Waals surface area (Å²) in [4.78, 5) is 0. The fourth-order valence-corrected chi connectivity index (χ4v) is 2.35. The monoisotopic (exact) mass is 294 g/mol. The smallest absolute Gasteiger partial charge is 0.399 e. The van der Waals surface area contributed by atoms with Gasteiger partial charge in [-0.3, -0.25) is 0 Å². The first-order valence-electron chi connectivity index (χ1n) is 6.82. The third kappa shape index (κ3) is 2.24. The molecule has 2 heterocycles. The normalized spacial score (nSPS) is 20.6. The molecule has 1 saturated heterocycles. The van der Waals surface area contributed by atoms with E-state index in [0.29, 0.717) is 15.6 Å². The van der Waals surface area contributed by atoms with Crippen LogP contribution in [0.25, 0.3) is 10.9 Å². The lowest BCUT2D eigenvalue weighted by Crippen LogP contribution is -2.41. The molecule has 21 heavy (non-hydrogen) atoms. The third-order valence-electron chi connectivity index (χ3n) is 4.33. The van der Waals surface area contributed by atoms with Gasteiger partial charge in [-0.2, -0.15) is 13.9 Å². The summed E-state index contributed by atoms with van der Waals surface area (Å²) >= 11 is 0. The van der Waals surface area contributed by atoms with Crippen LogP contribution in [0.4, 0.5) is 8.78 Å². The molecule has 0 N–H and O–H groups in total. The van der Waals surface area contributed by atoms with Crippen LogP contribution in [0.15, 0.2) is 24.4 Å². The fourth-order valence-electron chi connectivity index (χ4n) is 2.35. The number of hydrogen-bond donors (Lipinski definition) is 0. The van der Waals surface area contributed by atoms with Crippen molar-refractivity contribution in [3.05, 3.63) is 24.4 Å². The van der Waals surface area contributed by atoms with E-state index >= 15 is 0 Å². The molecule has 0 atom stereocenters. The number of aromatic nitrogens is 2. The SMILES string of the molecule is CC1(C)OB(c2ccc3c(cnn3C(F)F)c2)OC1(C)C. The first kappa shape index (κ1) is 14.5. The van der Waals surface area contributed by atoms with Gasteiger partial charge in [-0.15, -0.1) is 0 Å². The molecule has 1 aliphatic rings. The summed E-state index contributed by atoms with van der Waals surface area (Å²) in [5.74, 6) is 0. The number of alkyl halides is 2. The molecule has 1 aromatic heterocycles. The first-order valence-corrected chi connectivity index (χ1v) is 6.82. The molecule has 1 aromatic carbocycles. The zero-order valence-corrected chi connectivity index (χ0v) is 12.4. The van der Waals surface area contributed by atoms with E-state index in [9.17, 15) is 8.78 Å². The lowest BCUT2D eigenvalue weighted by atomic mass is 9.79. The van der Waals surface area contributed by atoms with Crippen molar-refractivity contribution in [2.24, 2.45) is 0 Å². The quantitative estimate of drug-likeness (QED) is 0.799. The molecule has 0 bridgehead atoms. The molecule has 0 radical (unpaired) electrons. The van der Waals surface area contributed by atoms with Gasteiger partial charge in [0.1, 0.15) is 0 Å². The molecule has 0 unspecified atom stereocenters. The zero-order valence-electron chi connectivity index (χ0n) is 12.4. The highest BCUT2D eigenvalue weighted by Gasteiger charge is 2.51. The Morgan fingerprint density at radius 2 is 1.76 bits per heavy atom. The molecule has 0 saturated carbocycles. The largest absolute Gasteiger partial charge is 0.494 e. The summed E-state index contributed by atoms with van der Waals surface area (Å²) in [6, 6.07) is 5.14. The van der Waals surface area contributed by atoms with E-state index in [4.69, 9.17) is 9.31 Å². The van der Waals surface area contributed by atoms with Gasteiger partial charge in [0.25, 0.3) is 0 Å². The minimum Gasteiger partial charge on any atom is -0.399 e. The van der Waals surface area contributed by atoms with Gasteiger partial charge in [0.2, 0.25) is 0 Å². The van der Waals surface area contributed by atoms with E-state index < -0.39 is 24.9 Å². The van der Waals surface area contributed by atoms with Crippen molar-refractivity contribution in [3.63, 3.8) is 0 Å². The van der Waals surface area contributed by atoms with Crippen molar-refractivity contribution in [2.75, 3.05) is 0 Å². The molecular formula is C14H17BF2N2O2. The number of halogens is 2. The average molecular weight is 294 g/mol. The summed E-state index contributed by atoms with van der Waals surface area (Å²) in [5, 5.41) is 4.35. The van der Waals surface area contributed by atoms with Gasteiger partial charge in [0.05, 0.1) is 22.9 Å². The maximum absolute atomic E-state index is 12.8. The second kappa shape index (κ2) is 4.51. The van der Waals surface area contributed by atoms with Gasteiger partial charge in [0.15, 0.2) is 0 Å². The van der Waals surface area contributed by atoms with E-state index in [1.165, 1.54) is 6.20 Å². The van der Waals surface area contributed by atoms with Crippen LogP contribution in [0, 0.1) is 0 Å². The van der Waals surface area contributed by atoms with Crippen LogP contribution in [0.1, 0.15) is 34.2 Å². The van der Waals surface area contributed by atoms with E-state index in [2.05, 4.69) is 5.10 Å². The van der Waals surface area contributed by atoms with E-state index in [-0.39, 0.29) is 0 Å². The topological polar surface area (TPSA) is 36.3 Å². The van der Waals surface area contributed by atoms with Crippen LogP contribution in [0.5, 0.6) is 0 Å². The molecule has 0 aliphatic carbocycles. The summed E-state index contributed by atoms with van der Waals surface area (Å²) in [6.45, 7) is 5.24. The highest BCUT2D eigenvalue weighted by atomic mass is 19.3. The van der Waals surface area contributed by atoms with Crippen molar-refractivity contribution in [3.8, 4) is 0 Å². The number of fused-ring (bicyclic) bond motifs is 1. The van der Waals surface area contributed by atoms with Gasteiger partial charge in [-0.25, -0.2) is 4.68 Å². The summed E-state index contributed by atoms with van der Waals surface area (Å²) in [5.41, 5.74) is 0.333.